The zero-order valence-electron chi connectivity index (χ0n) is 22.6. The Morgan fingerprint density at radius 3 is 2.36 bits per heavy atom. The molecule has 0 bridgehead atoms. The molecule has 0 radical (unpaired) electrons. The van der Waals surface area contributed by atoms with Crippen LogP contribution in [0.2, 0.25) is 0 Å². The van der Waals surface area contributed by atoms with Crippen molar-refractivity contribution in [3.63, 3.8) is 0 Å². The van der Waals surface area contributed by atoms with Crippen molar-refractivity contribution < 1.29 is 53.7 Å². The number of fused-ring (bicyclic) bond motifs is 2. The van der Waals surface area contributed by atoms with E-state index in [9.17, 15) is 30.0 Å². The first-order chi connectivity index (χ1) is 20.3. The summed E-state index contributed by atoms with van der Waals surface area (Å²) in [4.78, 5) is 27.2. The van der Waals surface area contributed by atoms with Gasteiger partial charge in [0, 0.05) is 30.8 Å². The number of benzene rings is 3. The van der Waals surface area contributed by atoms with Crippen molar-refractivity contribution in [3.8, 4) is 40.2 Å². The molecule has 6 rings (SSSR count). The number of carbonyl (C=O) groups excluding carboxylic acids is 2. The summed E-state index contributed by atoms with van der Waals surface area (Å²) in [6.07, 6.45) is -3.22. The molecule has 0 saturated carbocycles. The molecule has 0 aromatic heterocycles. The van der Waals surface area contributed by atoms with E-state index in [-0.39, 0.29) is 40.9 Å². The fourth-order valence-corrected chi connectivity index (χ4v) is 5.39. The number of hydrogen-bond donors (Lipinski definition) is 4. The highest BCUT2D eigenvalue weighted by Gasteiger charge is 2.41. The maximum Gasteiger partial charge on any atom is 0.415 e. The molecule has 12 nitrogen and oxygen atoms in total. The number of Topliss-reactive ketones (excluding diaryl/α,β-unsaturated/α-hetero) is 1. The Bertz CT molecular complexity index is 1530. The molecule has 0 spiro atoms. The molecule has 1 amide bonds. The predicted molar refractivity (Wildman–Crippen MR) is 145 cm³/mol. The SMILES string of the molecule is COc1cc(C2Oc3cc([C@H]4Oc5cc(OC(=O)N6CCCC6)cc(O)c5C(=O)[C@@H]4O)ccc3OC2CO)ccc1O. The van der Waals surface area contributed by atoms with E-state index in [4.69, 9.17) is 23.7 Å². The van der Waals surface area contributed by atoms with Gasteiger partial charge in [0.1, 0.15) is 22.8 Å². The fraction of sp³-hybridized carbons (Fsp3) is 0.333. The van der Waals surface area contributed by atoms with Crippen LogP contribution in [0.1, 0.15) is 46.5 Å². The van der Waals surface area contributed by atoms with Gasteiger partial charge in [-0.2, -0.15) is 0 Å². The van der Waals surface area contributed by atoms with Crippen molar-refractivity contribution in [2.75, 3.05) is 26.8 Å². The number of hydrogen-bond acceptors (Lipinski definition) is 11. The monoisotopic (exact) mass is 579 g/mol. The van der Waals surface area contributed by atoms with Crippen molar-refractivity contribution in [1.29, 1.82) is 0 Å². The molecule has 220 valence electrons. The standard InChI is InChI=1S/C30H29NO11/c1-38-21-10-15(4-6-18(21)33)28-24(14-32)40-20-7-5-16(11-22(20)41-28)29-27(36)26(35)25-19(34)12-17(13-23(25)42-29)39-30(37)31-8-2-3-9-31/h4-7,10-13,24,27-29,32-34,36H,2-3,8-9,14H2,1H3/t24?,27-,28?,29+/m0/s1. The number of likely N-dealkylation sites (tertiary alicyclic amines) is 1. The van der Waals surface area contributed by atoms with Crippen LogP contribution in [0.15, 0.2) is 48.5 Å². The zero-order valence-corrected chi connectivity index (χ0v) is 22.6. The fourth-order valence-electron chi connectivity index (χ4n) is 5.39. The van der Waals surface area contributed by atoms with Crippen LogP contribution in [0.25, 0.3) is 0 Å². The van der Waals surface area contributed by atoms with Gasteiger partial charge in [-0.05, 0) is 42.7 Å². The van der Waals surface area contributed by atoms with E-state index in [0.29, 0.717) is 30.0 Å². The average Bonchev–Trinajstić information content (AvgIpc) is 3.53. The zero-order chi connectivity index (χ0) is 29.5. The number of nitrogens with zero attached hydrogens (tertiary/aromatic N) is 1. The summed E-state index contributed by atoms with van der Waals surface area (Å²) in [5.74, 6) is -0.556. The number of phenols is 2. The Morgan fingerprint density at radius 1 is 0.905 bits per heavy atom. The van der Waals surface area contributed by atoms with Gasteiger partial charge in [-0.25, -0.2) is 4.79 Å². The molecule has 12 heteroatoms. The van der Waals surface area contributed by atoms with Gasteiger partial charge in [0.25, 0.3) is 0 Å². The van der Waals surface area contributed by atoms with Crippen LogP contribution >= 0.6 is 0 Å². The predicted octanol–water partition coefficient (Wildman–Crippen LogP) is 3.25. The molecular weight excluding hydrogens is 550 g/mol. The Morgan fingerprint density at radius 2 is 1.62 bits per heavy atom. The molecule has 1 saturated heterocycles. The molecule has 3 aromatic carbocycles. The van der Waals surface area contributed by atoms with Gasteiger partial charge < -0.3 is 49.0 Å². The van der Waals surface area contributed by atoms with Gasteiger partial charge in [0.2, 0.25) is 5.78 Å². The van der Waals surface area contributed by atoms with Crippen LogP contribution in [0.4, 0.5) is 4.79 Å². The molecule has 3 aliphatic heterocycles. The van der Waals surface area contributed by atoms with E-state index in [0.717, 1.165) is 18.9 Å². The van der Waals surface area contributed by atoms with Crippen LogP contribution in [0.5, 0.6) is 40.2 Å². The third-order valence-electron chi connectivity index (χ3n) is 7.56. The van der Waals surface area contributed by atoms with Crippen molar-refractivity contribution in [1.82, 2.24) is 4.90 Å². The Labute approximate surface area is 240 Å². The third kappa shape index (κ3) is 4.88. The van der Waals surface area contributed by atoms with E-state index >= 15 is 0 Å². The molecule has 3 aromatic rings. The van der Waals surface area contributed by atoms with Gasteiger partial charge in [-0.3, -0.25) is 4.79 Å². The van der Waals surface area contributed by atoms with E-state index in [1.165, 1.54) is 19.2 Å². The number of ether oxygens (including phenoxy) is 5. The molecule has 2 unspecified atom stereocenters. The van der Waals surface area contributed by atoms with E-state index in [1.54, 1.807) is 35.2 Å². The van der Waals surface area contributed by atoms with Crippen molar-refractivity contribution in [3.05, 3.63) is 65.2 Å². The number of amides is 1. The van der Waals surface area contributed by atoms with Gasteiger partial charge in [-0.15, -0.1) is 0 Å². The average molecular weight is 580 g/mol. The normalized spacial score (nSPS) is 22.7. The molecule has 1 fully saturated rings. The highest BCUT2D eigenvalue weighted by molar-refractivity contribution is 6.05. The highest BCUT2D eigenvalue weighted by Crippen LogP contribution is 2.46. The van der Waals surface area contributed by atoms with E-state index in [1.807, 2.05) is 0 Å². The number of carbonyl (C=O) groups is 2. The summed E-state index contributed by atoms with van der Waals surface area (Å²) in [5.41, 5.74) is 0.723. The summed E-state index contributed by atoms with van der Waals surface area (Å²) in [6, 6.07) is 11.8. The molecule has 4 atom stereocenters. The molecule has 4 N–H and O–H groups in total. The lowest BCUT2D eigenvalue weighted by Gasteiger charge is -2.35. The number of methoxy groups -OCH3 is 1. The number of aliphatic hydroxyl groups is 2. The van der Waals surface area contributed by atoms with E-state index in [2.05, 4.69) is 0 Å². The molecule has 3 aliphatic rings. The second kappa shape index (κ2) is 11.0. The smallest absolute Gasteiger partial charge is 0.415 e. The Hall–Kier alpha value is -4.68. The first-order valence-corrected chi connectivity index (χ1v) is 13.4. The number of ketones is 1. The number of rotatable bonds is 5. The molecular formula is C30H29NO11. The summed E-state index contributed by atoms with van der Waals surface area (Å²) in [6.45, 7) is 0.783. The van der Waals surface area contributed by atoms with Gasteiger partial charge in [0.05, 0.1) is 13.7 Å². The maximum absolute atomic E-state index is 13.1. The lowest BCUT2D eigenvalue weighted by atomic mass is 9.92. The van der Waals surface area contributed by atoms with Gasteiger partial charge >= 0.3 is 6.09 Å². The number of aliphatic hydroxyl groups excluding tert-OH is 2. The molecule has 42 heavy (non-hydrogen) atoms. The Kier molecular flexibility index (Phi) is 7.17. The largest absolute Gasteiger partial charge is 0.507 e. The van der Waals surface area contributed by atoms with Gasteiger partial charge in [0.15, 0.2) is 47.4 Å². The highest BCUT2D eigenvalue weighted by atomic mass is 16.6. The van der Waals surface area contributed by atoms with Crippen molar-refractivity contribution in [2.45, 2.75) is 37.3 Å². The van der Waals surface area contributed by atoms with Crippen LogP contribution in [-0.2, 0) is 0 Å². The first kappa shape index (κ1) is 27.5. The van der Waals surface area contributed by atoms with Crippen molar-refractivity contribution >= 4 is 11.9 Å². The summed E-state index contributed by atoms with van der Waals surface area (Å²) >= 11 is 0. The topological polar surface area (TPSA) is 164 Å². The summed E-state index contributed by atoms with van der Waals surface area (Å²) < 4.78 is 28.8. The minimum atomic E-state index is -1.66. The van der Waals surface area contributed by atoms with Crippen molar-refractivity contribution in [2.24, 2.45) is 0 Å². The van der Waals surface area contributed by atoms with Crippen LogP contribution < -0.4 is 23.7 Å². The summed E-state index contributed by atoms with van der Waals surface area (Å²) in [7, 11) is 1.41. The molecule has 3 heterocycles. The van der Waals surface area contributed by atoms with Crippen LogP contribution in [0.3, 0.4) is 0 Å². The van der Waals surface area contributed by atoms with E-state index < -0.39 is 42.0 Å². The molecule has 0 aliphatic carbocycles. The lowest BCUT2D eigenvalue weighted by Crippen LogP contribution is -2.37. The summed E-state index contributed by atoms with van der Waals surface area (Å²) in [5, 5.41) is 41.4. The second-order valence-electron chi connectivity index (χ2n) is 10.2. The minimum Gasteiger partial charge on any atom is -0.507 e. The third-order valence-corrected chi connectivity index (χ3v) is 7.56. The van der Waals surface area contributed by atoms with Gasteiger partial charge in [-0.1, -0.05) is 12.1 Å². The lowest BCUT2D eigenvalue weighted by molar-refractivity contribution is -0.0130. The van der Waals surface area contributed by atoms with Crippen LogP contribution in [-0.4, -0.2) is 76.2 Å². The second-order valence-corrected chi connectivity index (χ2v) is 10.2. The van der Waals surface area contributed by atoms with Crippen LogP contribution in [0, 0.1) is 0 Å². The quantitative estimate of drug-likeness (QED) is 0.351. The number of aromatic hydroxyl groups is 2. The number of phenolic OH excluding ortho intramolecular Hbond substituents is 2. The maximum atomic E-state index is 13.1. The first-order valence-electron chi connectivity index (χ1n) is 13.4. The Balaban J connectivity index is 1.28. The minimum absolute atomic E-state index is 0.00419.